The zero-order valence-electron chi connectivity index (χ0n) is 67.7. The van der Waals surface area contributed by atoms with Crippen molar-refractivity contribution in [1.82, 2.24) is 27.4 Å². The number of benzene rings is 20. The molecule has 0 fully saturated rings. The van der Waals surface area contributed by atoms with E-state index in [2.05, 4.69) is 501 Å². The summed E-state index contributed by atoms with van der Waals surface area (Å²) in [6, 6.07) is 171. The Hall–Kier alpha value is -16.5. The van der Waals surface area contributed by atoms with Crippen LogP contribution >= 0.6 is 0 Å². The Morgan fingerprint density at radius 3 is 0.589 bits per heavy atom. The first kappa shape index (κ1) is 71.6. The van der Waals surface area contributed by atoms with E-state index in [1.54, 1.807) is 0 Å². The minimum absolute atomic E-state index is 1.17. The fourth-order valence-electron chi connectivity index (χ4n) is 19.7. The van der Waals surface area contributed by atoms with Gasteiger partial charge < -0.3 is 27.4 Å². The molecule has 0 bridgehead atoms. The molecule has 0 saturated heterocycles. The molecule has 0 radical (unpaired) electrons. The molecule has 0 spiro atoms. The topological polar surface area (TPSA) is 29.6 Å². The van der Waals surface area contributed by atoms with Crippen LogP contribution in [-0.2, 0) is 0 Å². The van der Waals surface area contributed by atoms with Gasteiger partial charge in [-0.2, -0.15) is 0 Å². The van der Waals surface area contributed by atoms with Crippen LogP contribution in [0.2, 0.25) is 0 Å². The Kier molecular flexibility index (Phi) is 17.2. The molecule has 0 aliphatic heterocycles. The van der Waals surface area contributed by atoms with Crippen LogP contribution in [0, 0.1) is 0 Å². The van der Waals surface area contributed by atoms with Crippen LogP contribution in [0.3, 0.4) is 0 Å². The van der Waals surface area contributed by atoms with Crippen molar-refractivity contribution in [2.75, 3.05) is 0 Å². The molecule has 0 amide bonds. The highest BCUT2D eigenvalue weighted by Gasteiger charge is 2.21. The third-order valence-electron chi connectivity index (χ3n) is 25.4. The zero-order valence-corrected chi connectivity index (χ0v) is 67.7. The molecule has 26 rings (SSSR count). The molecule has 6 heteroatoms. The highest BCUT2D eigenvalue weighted by molar-refractivity contribution is 6.22. The van der Waals surface area contributed by atoms with Gasteiger partial charge in [0.25, 0.3) is 0 Å². The lowest BCUT2D eigenvalue weighted by atomic mass is 9.99. The summed E-state index contributed by atoms with van der Waals surface area (Å²) in [4.78, 5) is 0. The van der Waals surface area contributed by atoms with Crippen molar-refractivity contribution in [3.8, 4) is 78.6 Å². The van der Waals surface area contributed by atoms with Crippen LogP contribution in [-0.4, -0.2) is 27.4 Å². The fourth-order valence-corrected chi connectivity index (χ4v) is 19.7. The highest BCUT2D eigenvalue weighted by Crippen LogP contribution is 2.44. The monoisotopic (exact) mass is 1580 g/mol. The molecule has 20 aromatic carbocycles. The van der Waals surface area contributed by atoms with Gasteiger partial charge in [0.05, 0.1) is 66.2 Å². The number of hydrogen-bond donors (Lipinski definition) is 0. The van der Waals surface area contributed by atoms with E-state index >= 15 is 0 Å². The predicted octanol–water partition coefficient (Wildman–Crippen LogP) is 31.5. The number of rotatable bonds is 10. The molecule has 124 heavy (non-hydrogen) atoms. The van der Waals surface area contributed by atoms with Gasteiger partial charge in [-0.1, -0.05) is 309 Å². The number of para-hydroxylation sites is 11. The molecule has 6 nitrogen and oxygen atoms in total. The normalized spacial score (nSPS) is 11.7. The summed E-state index contributed by atoms with van der Waals surface area (Å²) in [5, 5.41) is 17.9. The molecule has 0 atom stereocenters. The third-order valence-corrected chi connectivity index (χ3v) is 25.4. The lowest BCUT2D eigenvalue weighted by Gasteiger charge is -2.10. The quantitative estimate of drug-likeness (QED) is 0.131. The van der Waals surface area contributed by atoms with Crippen molar-refractivity contribution in [3.05, 3.63) is 473 Å². The maximum absolute atomic E-state index is 2.40. The minimum atomic E-state index is 1.17. The Balaban J connectivity index is 0.000000105. The largest absolute Gasteiger partial charge is 0.309 e. The van der Waals surface area contributed by atoms with Gasteiger partial charge >= 0.3 is 0 Å². The van der Waals surface area contributed by atoms with Crippen molar-refractivity contribution in [2.24, 2.45) is 0 Å². The summed E-state index contributed by atoms with van der Waals surface area (Å²) in [6.45, 7) is 0. The first-order chi connectivity index (χ1) is 61.5. The number of nitrogens with zero attached hydrogens (tertiary/aromatic N) is 6. The van der Waals surface area contributed by atoms with Gasteiger partial charge in [-0.25, -0.2) is 0 Å². The molecular weight excluding hydrogens is 1500 g/mol. The van der Waals surface area contributed by atoms with Gasteiger partial charge in [0, 0.05) is 98.8 Å². The number of fused-ring (bicyclic) bond motifs is 20. The molecule has 6 heterocycles. The Morgan fingerprint density at radius 2 is 0.290 bits per heavy atom. The van der Waals surface area contributed by atoms with Gasteiger partial charge in [0.2, 0.25) is 0 Å². The smallest absolute Gasteiger partial charge is 0.0547 e. The Bertz CT molecular complexity index is 8510. The second-order valence-electron chi connectivity index (χ2n) is 32.3. The third kappa shape index (κ3) is 11.9. The summed E-state index contributed by atoms with van der Waals surface area (Å²) in [5.74, 6) is 0. The van der Waals surface area contributed by atoms with Crippen LogP contribution in [0.25, 0.3) is 220 Å². The maximum Gasteiger partial charge on any atom is 0.0547 e. The van der Waals surface area contributed by atoms with E-state index < -0.39 is 0 Å². The summed E-state index contributed by atoms with van der Waals surface area (Å²) in [7, 11) is 0. The molecule has 580 valence electrons. The van der Waals surface area contributed by atoms with E-state index in [9.17, 15) is 0 Å². The number of aromatic nitrogens is 6. The predicted molar refractivity (Wildman–Crippen MR) is 525 cm³/mol. The van der Waals surface area contributed by atoms with Crippen LogP contribution in [0.5, 0.6) is 0 Å². The van der Waals surface area contributed by atoms with Crippen molar-refractivity contribution >= 4 is 142 Å². The lowest BCUT2D eigenvalue weighted by molar-refractivity contribution is 1.18. The van der Waals surface area contributed by atoms with Crippen molar-refractivity contribution in [3.63, 3.8) is 0 Å². The Labute approximate surface area is 716 Å². The molecule has 6 aromatic heterocycles. The van der Waals surface area contributed by atoms with Gasteiger partial charge in [0.1, 0.15) is 0 Å². The average Bonchev–Trinajstić information content (AvgIpc) is 1.58. The molecular formula is C118H78N6. The summed E-state index contributed by atoms with van der Waals surface area (Å²) in [5.41, 5.74) is 31.5. The molecule has 0 aliphatic rings. The molecule has 0 saturated carbocycles. The van der Waals surface area contributed by atoms with Gasteiger partial charge in [-0.3, -0.25) is 0 Å². The Morgan fingerprint density at radius 1 is 0.105 bits per heavy atom. The van der Waals surface area contributed by atoms with Crippen molar-refractivity contribution in [2.45, 2.75) is 0 Å². The van der Waals surface area contributed by atoms with E-state index in [4.69, 9.17) is 0 Å². The van der Waals surface area contributed by atoms with E-state index in [0.717, 1.165) is 0 Å². The second-order valence-corrected chi connectivity index (χ2v) is 32.3. The SMILES string of the molecule is c1ccc(-n2c3ccccc3c3cc(-c4ccc(-c5ccc(-n6c7ccccc7c7ccccc76)cc5)cc4)ccc32)cc1.c1ccc(-n2c3ccccc3c3cc(-c4ccc(-n5c6ccccc6c6c7ccccc7ccc65)cc4)ccc32)cc1.c1ccc(-n2c3ccccc3c3cc(-c4ccc(-n5c6ccccc6c6ccccc65)cc4)ccc32)cc1. The molecule has 0 N–H and O–H groups in total. The van der Waals surface area contributed by atoms with E-state index in [0.29, 0.717) is 0 Å². The standard InChI is InChI=1S/C42H28N2.C40H26N2.C36H24N2/c1-2-10-33(11-3-1)43-41-17-9-6-14-37(41)38-28-32(24-27-42(38)43)31-20-18-29(19-21-31)30-22-25-34(26-23-30)44-39-15-7-4-12-35(39)36-13-5-8-16-40(36)44;1-2-11-30(12-3-1)41-36-16-8-6-14-33(36)35-26-29(21-24-38(35)41)27-18-22-31(23-19-27)42-37-17-9-7-15-34(37)40-32-13-5-4-10-28(32)20-25-39(40)42;1-2-10-27(11-3-1)37-35-17-9-6-14-31(35)32-24-26(20-23-36(32)37)25-18-21-28(22-19-25)38-33-15-7-4-12-29(33)30-13-5-8-16-34(30)38/h1-28H;1-26H;1-24H. The van der Waals surface area contributed by atoms with E-state index in [-0.39, 0.29) is 0 Å². The van der Waals surface area contributed by atoms with Crippen molar-refractivity contribution < 1.29 is 0 Å². The minimum Gasteiger partial charge on any atom is -0.309 e. The first-order valence-electron chi connectivity index (χ1n) is 42.6. The second kappa shape index (κ2) is 29.8. The maximum atomic E-state index is 2.40. The molecule has 26 aromatic rings. The average molecular weight is 1580 g/mol. The molecule has 0 aliphatic carbocycles. The van der Waals surface area contributed by atoms with Gasteiger partial charge in [0.15, 0.2) is 0 Å². The van der Waals surface area contributed by atoms with E-state index in [1.807, 2.05) is 0 Å². The zero-order chi connectivity index (χ0) is 81.7. The fraction of sp³-hybridized carbons (Fsp3) is 0. The van der Waals surface area contributed by atoms with Crippen LogP contribution < -0.4 is 0 Å². The van der Waals surface area contributed by atoms with Crippen molar-refractivity contribution in [1.29, 1.82) is 0 Å². The highest BCUT2D eigenvalue weighted by atomic mass is 15.0. The summed E-state index contributed by atoms with van der Waals surface area (Å²) >= 11 is 0. The first-order valence-corrected chi connectivity index (χ1v) is 42.6. The van der Waals surface area contributed by atoms with Gasteiger partial charge in [-0.05, 0) is 219 Å². The van der Waals surface area contributed by atoms with Crippen LogP contribution in [0.15, 0.2) is 473 Å². The number of hydrogen-bond acceptors (Lipinski definition) is 0. The van der Waals surface area contributed by atoms with Crippen LogP contribution in [0.4, 0.5) is 0 Å². The summed E-state index contributed by atoms with van der Waals surface area (Å²) < 4.78 is 14.2. The summed E-state index contributed by atoms with van der Waals surface area (Å²) in [6.07, 6.45) is 0. The van der Waals surface area contributed by atoms with E-state index in [1.165, 1.54) is 220 Å². The molecule has 0 unspecified atom stereocenters. The van der Waals surface area contributed by atoms with Crippen LogP contribution in [0.1, 0.15) is 0 Å². The van der Waals surface area contributed by atoms with Gasteiger partial charge in [-0.15, -0.1) is 0 Å². The lowest BCUT2D eigenvalue weighted by Crippen LogP contribution is -1.94.